The maximum absolute atomic E-state index is 6.32. The molecule has 0 spiro atoms. The molecule has 0 radical (unpaired) electrons. The van der Waals surface area contributed by atoms with Crippen molar-refractivity contribution < 1.29 is 0 Å². The highest BCUT2D eigenvalue weighted by Gasteiger charge is 2.17. The van der Waals surface area contributed by atoms with Gasteiger partial charge in [0, 0.05) is 25.6 Å². The number of hydrogen-bond acceptors (Lipinski definition) is 2. The maximum atomic E-state index is 6.32. The van der Waals surface area contributed by atoms with Crippen LogP contribution in [0, 0.1) is 6.92 Å². The van der Waals surface area contributed by atoms with Crippen LogP contribution in [0.15, 0.2) is 0 Å². The molecule has 0 saturated heterocycles. The Hall–Kier alpha value is -0.540. The summed E-state index contributed by atoms with van der Waals surface area (Å²) in [5, 5.41) is 8.83. The fraction of sp³-hybridized carbons (Fsp3) is 0.786. The molecule has 0 aliphatic rings. The molecule has 0 aromatic carbocycles. The number of aryl methyl sites for hydroxylation is 2. The first-order valence-corrected chi connectivity index (χ1v) is 7.27. The van der Waals surface area contributed by atoms with Gasteiger partial charge in [-0.1, -0.05) is 45.2 Å². The second-order valence-electron chi connectivity index (χ2n) is 5.33. The molecule has 1 heterocycles. The highest BCUT2D eigenvalue weighted by Crippen LogP contribution is 2.22. The summed E-state index contributed by atoms with van der Waals surface area (Å²) in [7, 11) is 1.97. The Labute approximate surface area is 116 Å². The standard InChI is InChI=1S/C14H26ClN3/c1-6-7-8-12(16-10(2)3)9-13-14(15)11(4)17-18(13)5/h10,12,16H,6-9H2,1-5H3. The predicted molar refractivity (Wildman–Crippen MR) is 78.2 cm³/mol. The third-order valence-corrected chi connectivity index (χ3v) is 3.67. The lowest BCUT2D eigenvalue weighted by atomic mass is 10.0. The normalized spacial score (nSPS) is 13.3. The van der Waals surface area contributed by atoms with Crippen molar-refractivity contribution in [1.29, 1.82) is 0 Å². The van der Waals surface area contributed by atoms with Crippen LogP contribution in [-0.4, -0.2) is 21.9 Å². The lowest BCUT2D eigenvalue weighted by molar-refractivity contribution is 0.417. The third-order valence-electron chi connectivity index (χ3n) is 3.18. The molecule has 1 unspecified atom stereocenters. The van der Waals surface area contributed by atoms with E-state index in [2.05, 4.69) is 31.2 Å². The van der Waals surface area contributed by atoms with E-state index in [1.54, 1.807) is 0 Å². The minimum atomic E-state index is 0.484. The van der Waals surface area contributed by atoms with Crippen LogP contribution in [0.25, 0.3) is 0 Å². The van der Waals surface area contributed by atoms with Gasteiger partial charge in [-0.3, -0.25) is 4.68 Å². The average molecular weight is 272 g/mol. The van der Waals surface area contributed by atoms with Crippen molar-refractivity contribution in [2.45, 2.75) is 65.5 Å². The van der Waals surface area contributed by atoms with Crippen molar-refractivity contribution in [3.8, 4) is 0 Å². The summed E-state index contributed by atoms with van der Waals surface area (Å²) in [6.07, 6.45) is 4.62. The van der Waals surface area contributed by atoms with Crippen molar-refractivity contribution >= 4 is 11.6 Å². The van der Waals surface area contributed by atoms with Crippen molar-refractivity contribution in [3.63, 3.8) is 0 Å². The van der Waals surface area contributed by atoms with Crippen LogP contribution in [0.4, 0.5) is 0 Å². The summed E-state index contributed by atoms with van der Waals surface area (Å²) in [4.78, 5) is 0. The second kappa shape index (κ2) is 7.15. The Kier molecular flexibility index (Phi) is 6.16. The van der Waals surface area contributed by atoms with Crippen molar-refractivity contribution in [2.24, 2.45) is 7.05 Å². The number of aromatic nitrogens is 2. The molecule has 0 fully saturated rings. The number of rotatable bonds is 7. The molecule has 4 heteroatoms. The largest absolute Gasteiger partial charge is 0.311 e. The fourth-order valence-corrected chi connectivity index (χ4v) is 2.54. The van der Waals surface area contributed by atoms with Gasteiger partial charge in [-0.15, -0.1) is 0 Å². The molecular weight excluding hydrogens is 246 g/mol. The molecule has 3 nitrogen and oxygen atoms in total. The summed E-state index contributed by atoms with van der Waals surface area (Å²) >= 11 is 6.32. The molecule has 1 aromatic rings. The topological polar surface area (TPSA) is 29.9 Å². The van der Waals surface area contributed by atoms with Gasteiger partial charge in [0.25, 0.3) is 0 Å². The molecular formula is C14H26ClN3. The van der Waals surface area contributed by atoms with Crippen molar-refractivity contribution in [2.75, 3.05) is 0 Å². The summed E-state index contributed by atoms with van der Waals surface area (Å²) < 4.78 is 1.92. The van der Waals surface area contributed by atoms with Gasteiger partial charge >= 0.3 is 0 Å². The third kappa shape index (κ3) is 4.29. The molecule has 1 atom stereocenters. The average Bonchev–Trinajstić information content (AvgIpc) is 2.52. The number of unbranched alkanes of at least 4 members (excludes halogenated alkanes) is 1. The van der Waals surface area contributed by atoms with Gasteiger partial charge in [-0.05, 0) is 13.3 Å². The van der Waals surface area contributed by atoms with Gasteiger partial charge < -0.3 is 5.32 Å². The Bertz CT molecular complexity index is 371. The van der Waals surface area contributed by atoms with Gasteiger partial charge in [0.2, 0.25) is 0 Å². The molecule has 1 N–H and O–H groups in total. The number of halogens is 1. The molecule has 0 amide bonds. The summed E-state index contributed by atoms with van der Waals surface area (Å²) in [6, 6.07) is 0.984. The quantitative estimate of drug-likeness (QED) is 0.823. The van der Waals surface area contributed by atoms with E-state index in [0.29, 0.717) is 12.1 Å². The molecule has 18 heavy (non-hydrogen) atoms. The molecule has 0 saturated carbocycles. The molecule has 0 aliphatic heterocycles. The zero-order chi connectivity index (χ0) is 13.7. The smallest absolute Gasteiger partial charge is 0.0847 e. The predicted octanol–water partition coefficient (Wildman–Crippen LogP) is 3.48. The van der Waals surface area contributed by atoms with Crippen LogP contribution >= 0.6 is 11.6 Å². The summed E-state index contributed by atoms with van der Waals surface area (Å²) in [5.74, 6) is 0. The number of hydrogen-bond donors (Lipinski definition) is 1. The molecule has 0 bridgehead atoms. The first kappa shape index (κ1) is 15.5. The monoisotopic (exact) mass is 271 g/mol. The van der Waals surface area contributed by atoms with Crippen LogP contribution < -0.4 is 5.32 Å². The highest BCUT2D eigenvalue weighted by molar-refractivity contribution is 6.31. The fourth-order valence-electron chi connectivity index (χ4n) is 2.30. The Balaban J connectivity index is 2.74. The maximum Gasteiger partial charge on any atom is 0.0847 e. The SMILES string of the molecule is CCCCC(Cc1c(Cl)c(C)nn1C)NC(C)C. The van der Waals surface area contributed by atoms with Gasteiger partial charge in [0.1, 0.15) is 0 Å². The summed E-state index contributed by atoms with van der Waals surface area (Å²) in [5.41, 5.74) is 2.07. The summed E-state index contributed by atoms with van der Waals surface area (Å²) in [6.45, 7) is 8.57. The van der Waals surface area contributed by atoms with E-state index in [-0.39, 0.29) is 0 Å². The van der Waals surface area contributed by atoms with E-state index in [4.69, 9.17) is 11.6 Å². The van der Waals surface area contributed by atoms with Crippen LogP contribution in [0.5, 0.6) is 0 Å². The van der Waals surface area contributed by atoms with Crippen LogP contribution in [0.2, 0.25) is 5.02 Å². The van der Waals surface area contributed by atoms with Crippen molar-refractivity contribution in [3.05, 3.63) is 16.4 Å². The Morgan fingerprint density at radius 1 is 1.39 bits per heavy atom. The van der Waals surface area contributed by atoms with Gasteiger partial charge in [0.15, 0.2) is 0 Å². The minimum absolute atomic E-state index is 0.484. The van der Waals surface area contributed by atoms with Crippen LogP contribution in [0.1, 0.15) is 51.4 Å². The lowest BCUT2D eigenvalue weighted by Gasteiger charge is -2.21. The second-order valence-corrected chi connectivity index (χ2v) is 5.71. The Morgan fingerprint density at radius 3 is 2.50 bits per heavy atom. The zero-order valence-corrected chi connectivity index (χ0v) is 13.0. The first-order valence-electron chi connectivity index (χ1n) is 6.89. The van der Waals surface area contributed by atoms with E-state index in [0.717, 1.165) is 22.8 Å². The minimum Gasteiger partial charge on any atom is -0.311 e. The lowest BCUT2D eigenvalue weighted by Crippen LogP contribution is -2.36. The van der Waals surface area contributed by atoms with Crippen LogP contribution in [-0.2, 0) is 13.5 Å². The molecule has 1 aromatic heterocycles. The molecule has 104 valence electrons. The zero-order valence-electron chi connectivity index (χ0n) is 12.3. The first-order chi connectivity index (χ1) is 8.45. The van der Waals surface area contributed by atoms with Gasteiger partial charge in [-0.2, -0.15) is 5.10 Å². The number of nitrogens with zero attached hydrogens (tertiary/aromatic N) is 2. The number of nitrogens with one attached hydrogen (secondary N) is 1. The van der Waals surface area contributed by atoms with Gasteiger partial charge in [-0.25, -0.2) is 0 Å². The van der Waals surface area contributed by atoms with E-state index < -0.39 is 0 Å². The molecule has 1 rings (SSSR count). The Morgan fingerprint density at radius 2 is 2.06 bits per heavy atom. The van der Waals surface area contributed by atoms with Crippen LogP contribution in [0.3, 0.4) is 0 Å². The van der Waals surface area contributed by atoms with E-state index in [9.17, 15) is 0 Å². The van der Waals surface area contributed by atoms with E-state index in [1.165, 1.54) is 19.3 Å². The van der Waals surface area contributed by atoms with Crippen molar-refractivity contribution in [1.82, 2.24) is 15.1 Å². The van der Waals surface area contributed by atoms with E-state index >= 15 is 0 Å². The molecule has 0 aliphatic carbocycles. The highest BCUT2D eigenvalue weighted by atomic mass is 35.5. The van der Waals surface area contributed by atoms with E-state index in [1.807, 2.05) is 18.7 Å². The van der Waals surface area contributed by atoms with Gasteiger partial charge in [0.05, 0.1) is 16.4 Å².